The van der Waals surface area contributed by atoms with Crippen LogP contribution < -0.4 is 0 Å². The molecule has 0 radical (unpaired) electrons. The average Bonchev–Trinajstić information content (AvgIpc) is 2.96. The zero-order chi connectivity index (χ0) is 31.6. The second kappa shape index (κ2) is 27.5. The molecule has 0 aromatic rings. The van der Waals surface area contributed by atoms with E-state index in [2.05, 4.69) is 0 Å². The fourth-order valence-electron chi connectivity index (χ4n) is 3.18. The van der Waals surface area contributed by atoms with Crippen molar-refractivity contribution in [3.8, 4) is 0 Å². The van der Waals surface area contributed by atoms with Crippen LogP contribution in [0, 0.1) is 0 Å². The molecule has 0 aliphatic heterocycles. The molecule has 0 aromatic heterocycles. The SMILES string of the molecule is CC.CC(=O)CCOCCOCCOCCOCCN(CC(O)C(O)C(O)CCO)C(=O)C(O)C(O)C(O)CCO. The number of Topliss-reactive ketones (excluding diaryl/α,β-unsaturated/α-hetero) is 1. The summed E-state index contributed by atoms with van der Waals surface area (Å²) in [7, 11) is 0. The molecule has 15 heteroatoms. The van der Waals surface area contributed by atoms with Crippen LogP contribution in [0.4, 0.5) is 0 Å². The van der Waals surface area contributed by atoms with E-state index >= 15 is 0 Å². The van der Waals surface area contributed by atoms with Crippen molar-refractivity contribution in [3.63, 3.8) is 0 Å². The van der Waals surface area contributed by atoms with E-state index in [0.29, 0.717) is 39.5 Å². The van der Waals surface area contributed by atoms with Crippen molar-refractivity contribution >= 4 is 11.7 Å². The fourth-order valence-corrected chi connectivity index (χ4v) is 3.18. The molecule has 1 amide bonds. The van der Waals surface area contributed by atoms with Gasteiger partial charge in [-0.1, -0.05) is 13.8 Å². The second-order valence-electron chi connectivity index (χ2n) is 8.84. The third-order valence-corrected chi connectivity index (χ3v) is 5.55. The number of rotatable bonds is 26. The van der Waals surface area contributed by atoms with Gasteiger partial charge in [-0.05, 0) is 19.8 Å². The minimum atomic E-state index is -2.10. The topological polar surface area (TPSA) is 236 Å². The molecule has 0 aromatic carbocycles. The summed E-state index contributed by atoms with van der Waals surface area (Å²) < 4.78 is 21.3. The summed E-state index contributed by atoms with van der Waals surface area (Å²) in [6, 6.07) is 0. The maximum absolute atomic E-state index is 12.8. The molecule has 0 aliphatic carbocycles. The maximum Gasteiger partial charge on any atom is 0.254 e. The molecule has 6 atom stereocenters. The van der Waals surface area contributed by atoms with E-state index in [4.69, 9.17) is 29.2 Å². The van der Waals surface area contributed by atoms with Crippen LogP contribution in [0.5, 0.6) is 0 Å². The van der Waals surface area contributed by atoms with E-state index < -0.39 is 62.3 Å². The molecule has 41 heavy (non-hydrogen) atoms. The van der Waals surface area contributed by atoms with Crippen molar-refractivity contribution in [1.82, 2.24) is 4.90 Å². The predicted molar refractivity (Wildman–Crippen MR) is 146 cm³/mol. The number of aliphatic hydroxyl groups excluding tert-OH is 8. The fraction of sp³-hybridized carbons (Fsp3) is 0.923. The summed E-state index contributed by atoms with van der Waals surface area (Å²) in [5.74, 6) is -1.02. The van der Waals surface area contributed by atoms with Crippen LogP contribution in [0.1, 0.15) is 40.0 Å². The van der Waals surface area contributed by atoms with Crippen LogP contribution in [0.15, 0.2) is 0 Å². The van der Waals surface area contributed by atoms with Crippen molar-refractivity contribution in [2.75, 3.05) is 79.2 Å². The quantitative estimate of drug-likeness (QED) is 0.0455. The van der Waals surface area contributed by atoms with Gasteiger partial charge in [-0.25, -0.2) is 0 Å². The summed E-state index contributed by atoms with van der Waals surface area (Å²) in [6.07, 6.45) is -10.6. The Hall–Kier alpha value is -1.34. The van der Waals surface area contributed by atoms with Crippen molar-refractivity contribution in [1.29, 1.82) is 0 Å². The monoisotopic (exact) mass is 603 g/mol. The Balaban J connectivity index is 0. The number of carbonyl (C=O) groups excluding carboxylic acids is 2. The van der Waals surface area contributed by atoms with Gasteiger partial charge in [0.05, 0.1) is 71.2 Å². The number of amides is 1. The number of aliphatic hydroxyl groups is 8. The van der Waals surface area contributed by atoms with Gasteiger partial charge in [-0.3, -0.25) is 9.59 Å². The van der Waals surface area contributed by atoms with Gasteiger partial charge in [0, 0.05) is 32.7 Å². The van der Waals surface area contributed by atoms with Crippen LogP contribution in [0.3, 0.4) is 0 Å². The molecule has 15 nitrogen and oxygen atoms in total. The first-order valence-electron chi connectivity index (χ1n) is 14.0. The van der Waals surface area contributed by atoms with Gasteiger partial charge in [0.2, 0.25) is 0 Å². The molecule has 246 valence electrons. The molecule has 0 rings (SSSR count). The number of ketones is 1. The lowest BCUT2D eigenvalue weighted by molar-refractivity contribution is -0.156. The first kappa shape index (κ1) is 41.8. The highest BCUT2D eigenvalue weighted by molar-refractivity contribution is 5.81. The molecule has 8 N–H and O–H groups in total. The third-order valence-electron chi connectivity index (χ3n) is 5.55. The van der Waals surface area contributed by atoms with Gasteiger partial charge in [0.25, 0.3) is 5.91 Å². The van der Waals surface area contributed by atoms with Gasteiger partial charge < -0.3 is 64.7 Å². The van der Waals surface area contributed by atoms with Crippen molar-refractivity contribution in [3.05, 3.63) is 0 Å². The zero-order valence-corrected chi connectivity index (χ0v) is 24.5. The maximum atomic E-state index is 12.8. The van der Waals surface area contributed by atoms with Crippen LogP contribution >= 0.6 is 0 Å². The van der Waals surface area contributed by atoms with E-state index in [1.807, 2.05) is 13.8 Å². The molecule has 0 saturated heterocycles. The lowest BCUT2D eigenvalue weighted by Gasteiger charge is -2.32. The molecule has 0 fully saturated rings. The second-order valence-corrected chi connectivity index (χ2v) is 8.84. The molecule has 0 saturated carbocycles. The van der Waals surface area contributed by atoms with E-state index in [-0.39, 0.29) is 45.0 Å². The van der Waals surface area contributed by atoms with Crippen molar-refractivity contribution in [2.24, 2.45) is 0 Å². The molecule has 0 heterocycles. The number of ether oxygens (including phenoxy) is 4. The molecule has 0 aliphatic rings. The minimum Gasteiger partial charge on any atom is -0.396 e. The van der Waals surface area contributed by atoms with E-state index in [9.17, 15) is 40.2 Å². The van der Waals surface area contributed by atoms with Crippen LogP contribution in [0.2, 0.25) is 0 Å². The molecule has 6 unspecified atom stereocenters. The summed E-state index contributed by atoms with van der Waals surface area (Å²) >= 11 is 0. The average molecular weight is 604 g/mol. The molecular weight excluding hydrogens is 550 g/mol. The first-order valence-corrected chi connectivity index (χ1v) is 14.0. The van der Waals surface area contributed by atoms with E-state index in [1.54, 1.807) is 0 Å². The highest BCUT2D eigenvalue weighted by Crippen LogP contribution is 2.11. The lowest BCUT2D eigenvalue weighted by atomic mass is 10.0. The molecule has 0 bridgehead atoms. The normalized spacial score (nSPS) is 15.7. The Bertz CT molecular complexity index is 629. The Morgan fingerprint density at radius 1 is 0.634 bits per heavy atom. The minimum absolute atomic E-state index is 0.0572. The van der Waals surface area contributed by atoms with E-state index in [0.717, 1.165) is 4.90 Å². The van der Waals surface area contributed by atoms with Gasteiger partial charge >= 0.3 is 0 Å². The molecule has 0 spiro atoms. The number of hydrogen-bond acceptors (Lipinski definition) is 14. The van der Waals surface area contributed by atoms with Gasteiger partial charge in [-0.2, -0.15) is 0 Å². The summed E-state index contributed by atoms with van der Waals surface area (Å²) in [5, 5.41) is 78.0. The van der Waals surface area contributed by atoms with Crippen molar-refractivity contribution < 1.29 is 69.4 Å². The zero-order valence-electron chi connectivity index (χ0n) is 24.5. The Labute approximate surface area is 242 Å². The summed E-state index contributed by atoms with van der Waals surface area (Å²) in [6.45, 7) is 5.76. The Kier molecular flexibility index (Phi) is 28.0. The third kappa shape index (κ3) is 21.1. The molecular formula is C26H53NO14. The predicted octanol–water partition coefficient (Wildman–Crippen LogP) is -3.18. The highest BCUT2D eigenvalue weighted by Gasteiger charge is 2.35. The summed E-state index contributed by atoms with van der Waals surface area (Å²) in [5.41, 5.74) is 0. The Morgan fingerprint density at radius 3 is 1.49 bits per heavy atom. The van der Waals surface area contributed by atoms with E-state index in [1.165, 1.54) is 6.92 Å². The van der Waals surface area contributed by atoms with Crippen LogP contribution in [0.25, 0.3) is 0 Å². The number of hydrogen-bond donors (Lipinski definition) is 8. The van der Waals surface area contributed by atoms with Gasteiger partial charge in [0.1, 0.15) is 18.0 Å². The highest BCUT2D eigenvalue weighted by atomic mass is 16.6. The van der Waals surface area contributed by atoms with Crippen molar-refractivity contribution in [2.45, 2.75) is 76.7 Å². The summed E-state index contributed by atoms with van der Waals surface area (Å²) in [4.78, 5) is 24.4. The van der Waals surface area contributed by atoms with Gasteiger partial charge in [-0.15, -0.1) is 0 Å². The first-order chi connectivity index (χ1) is 19.6. The van der Waals surface area contributed by atoms with Crippen LogP contribution in [-0.2, 0) is 28.5 Å². The standard InChI is InChI=1S/C24H47NO14.C2H6/c1-17(28)4-8-36-10-12-38-14-15-39-13-11-37-9-5-25(16-20(31)21(32)18(29)2-6-26)24(35)23(34)22(33)19(30)3-7-27;1-2/h18-23,26-27,29-34H,2-16H2,1H3;1-2H3. The van der Waals surface area contributed by atoms with Gasteiger partial charge in [0.15, 0.2) is 6.10 Å². The lowest BCUT2D eigenvalue weighted by Crippen LogP contribution is -2.53. The Morgan fingerprint density at radius 2 is 1.05 bits per heavy atom. The smallest absolute Gasteiger partial charge is 0.254 e. The van der Waals surface area contributed by atoms with Crippen LogP contribution in [-0.4, -0.2) is 173 Å². The number of carbonyl (C=O) groups is 2. The number of nitrogens with zero attached hydrogens (tertiary/aromatic N) is 1. The largest absolute Gasteiger partial charge is 0.396 e.